The van der Waals surface area contributed by atoms with Crippen LogP contribution in [-0.4, -0.2) is 70.9 Å². The summed E-state index contributed by atoms with van der Waals surface area (Å²) >= 11 is 0. The fraction of sp³-hybridized carbons (Fsp3) is 0.517. The Morgan fingerprint density at radius 1 is 0.892 bits per heavy atom. The zero-order chi connectivity index (χ0) is 25.7. The minimum absolute atomic E-state index is 0.146. The maximum atomic E-state index is 13.9. The fourth-order valence-electron chi connectivity index (χ4n) is 6.88. The maximum absolute atomic E-state index is 13.9. The van der Waals surface area contributed by atoms with E-state index in [1.165, 1.54) is 41.1 Å². The Kier molecular flexibility index (Phi) is 6.18. The van der Waals surface area contributed by atoms with Gasteiger partial charge < -0.3 is 9.80 Å². The number of likely N-dealkylation sites (tertiary alicyclic amines) is 1. The highest BCUT2D eigenvalue weighted by atomic mass is 19.2. The predicted octanol–water partition coefficient (Wildman–Crippen LogP) is 4.35. The van der Waals surface area contributed by atoms with Crippen LogP contribution in [0.5, 0.6) is 0 Å². The van der Waals surface area contributed by atoms with Crippen molar-refractivity contribution in [1.82, 2.24) is 14.7 Å². The van der Waals surface area contributed by atoms with Gasteiger partial charge in [0.15, 0.2) is 11.6 Å². The minimum Gasteiger partial charge on any atom is -0.372 e. The van der Waals surface area contributed by atoms with Crippen LogP contribution in [0.1, 0.15) is 49.3 Å². The fourth-order valence-corrected chi connectivity index (χ4v) is 6.88. The number of hydrogen-bond donors (Lipinski definition) is 0. The van der Waals surface area contributed by atoms with Crippen LogP contribution in [0.4, 0.5) is 19.3 Å². The monoisotopic (exact) mass is 508 g/mol. The standard InChI is InChI=1S/C29H34F2N4O2/c1-2-34-28(37)35(24-15-21-17-25(30)26(31)18-22(21)16-24)27(36)29(34)9-13-32(14-10-29)19-20-5-7-23(8-6-20)33-11-3-4-12-33/h5-8,17-18,24H,2-4,9-16,19H2,1H3. The second-order valence-electron chi connectivity index (χ2n) is 11.0. The molecule has 196 valence electrons. The van der Waals surface area contributed by atoms with Gasteiger partial charge in [-0.15, -0.1) is 0 Å². The number of likely N-dealkylation sites (N-methyl/N-ethyl adjacent to an activating group) is 1. The van der Waals surface area contributed by atoms with Crippen molar-refractivity contribution in [3.63, 3.8) is 0 Å². The average Bonchev–Trinajstić information content (AvgIpc) is 3.60. The molecule has 0 saturated carbocycles. The molecule has 3 amide bonds. The van der Waals surface area contributed by atoms with Gasteiger partial charge in [0.25, 0.3) is 5.91 Å². The van der Waals surface area contributed by atoms with Crippen LogP contribution in [0.2, 0.25) is 0 Å². The first-order valence-corrected chi connectivity index (χ1v) is 13.6. The van der Waals surface area contributed by atoms with Crippen LogP contribution in [0.25, 0.3) is 0 Å². The Labute approximate surface area is 216 Å². The van der Waals surface area contributed by atoms with E-state index in [1.54, 1.807) is 4.90 Å². The van der Waals surface area contributed by atoms with Gasteiger partial charge in [-0.1, -0.05) is 12.1 Å². The molecule has 2 aromatic carbocycles. The summed E-state index contributed by atoms with van der Waals surface area (Å²) in [6, 6.07) is 10.6. The first-order valence-electron chi connectivity index (χ1n) is 13.6. The third-order valence-electron chi connectivity index (χ3n) is 8.90. The van der Waals surface area contributed by atoms with Gasteiger partial charge in [0.2, 0.25) is 0 Å². The summed E-state index contributed by atoms with van der Waals surface area (Å²) in [5, 5.41) is 0. The largest absolute Gasteiger partial charge is 0.372 e. The number of carbonyl (C=O) groups excluding carboxylic acids is 2. The first-order chi connectivity index (χ1) is 17.9. The third kappa shape index (κ3) is 4.10. The van der Waals surface area contributed by atoms with Gasteiger partial charge in [-0.2, -0.15) is 0 Å². The van der Waals surface area contributed by atoms with Gasteiger partial charge in [-0.25, -0.2) is 13.6 Å². The summed E-state index contributed by atoms with van der Waals surface area (Å²) in [7, 11) is 0. The molecule has 8 heteroatoms. The van der Waals surface area contributed by atoms with Gasteiger partial charge in [0, 0.05) is 51.0 Å². The van der Waals surface area contributed by atoms with Crippen molar-refractivity contribution in [2.45, 2.75) is 63.6 Å². The number of fused-ring (bicyclic) bond motifs is 1. The van der Waals surface area contributed by atoms with Gasteiger partial charge in [0.1, 0.15) is 5.54 Å². The number of benzene rings is 2. The number of hydrogen-bond acceptors (Lipinski definition) is 4. The van der Waals surface area contributed by atoms with E-state index in [0.29, 0.717) is 43.4 Å². The van der Waals surface area contributed by atoms with Crippen molar-refractivity contribution in [2.75, 3.05) is 37.6 Å². The molecule has 6 nitrogen and oxygen atoms in total. The number of carbonyl (C=O) groups is 2. The van der Waals surface area contributed by atoms with Crippen molar-refractivity contribution < 1.29 is 18.4 Å². The number of halogens is 2. The Balaban J connectivity index is 1.13. The lowest BCUT2D eigenvalue weighted by Crippen LogP contribution is -2.56. The summed E-state index contributed by atoms with van der Waals surface area (Å²) < 4.78 is 27.6. The van der Waals surface area contributed by atoms with E-state index in [2.05, 4.69) is 34.1 Å². The normalized spacial score (nSPS) is 22.1. The van der Waals surface area contributed by atoms with Crippen molar-refractivity contribution >= 4 is 17.6 Å². The number of anilines is 1. The Morgan fingerprint density at radius 3 is 2.05 bits per heavy atom. The number of imide groups is 1. The van der Waals surface area contributed by atoms with Crippen LogP contribution < -0.4 is 4.90 Å². The van der Waals surface area contributed by atoms with E-state index in [1.807, 2.05) is 6.92 Å². The first kappa shape index (κ1) is 24.3. The zero-order valence-electron chi connectivity index (χ0n) is 21.4. The van der Waals surface area contributed by atoms with Crippen molar-refractivity contribution in [1.29, 1.82) is 0 Å². The third-order valence-corrected chi connectivity index (χ3v) is 8.90. The average molecular weight is 509 g/mol. The molecule has 0 atom stereocenters. The van der Waals surface area contributed by atoms with E-state index in [4.69, 9.17) is 0 Å². The highest BCUT2D eigenvalue weighted by molar-refractivity contribution is 6.07. The van der Waals surface area contributed by atoms with Crippen LogP contribution in [-0.2, 0) is 24.2 Å². The van der Waals surface area contributed by atoms with E-state index in [9.17, 15) is 18.4 Å². The van der Waals surface area contributed by atoms with Crippen LogP contribution in [0.3, 0.4) is 0 Å². The Hall–Kier alpha value is -3.00. The molecule has 0 radical (unpaired) electrons. The molecular weight excluding hydrogens is 474 g/mol. The van der Waals surface area contributed by atoms with Crippen molar-refractivity contribution in [3.8, 4) is 0 Å². The molecule has 0 N–H and O–H groups in total. The van der Waals surface area contributed by atoms with Gasteiger partial charge in [-0.3, -0.25) is 14.6 Å². The molecule has 3 saturated heterocycles. The Morgan fingerprint density at radius 2 is 1.49 bits per heavy atom. The molecule has 1 spiro atoms. The SMILES string of the molecule is CCN1C(=O)N(C2Cc3cc(F)c(F)cc3C2)C(=O)C12CCN(Cc1ccc(N3CCCC3)cc1)CC2. The maximum Gasteiger partial charge on any atom is 0.327 e. The lowest BCUT2D eigenvalue weighted by molar-refractivity contribution is -0.137. The smallest absolute Gasteiger partial charge is 0.327 e. The van der Waals surface area contributed by atoms with E-state index in [-0.39, 0.29) is 11.9 Å². The lowest BCUT2D eigenvalue weighted by Gasteiger charge is -2.42. The van der Waals surface area contributed by atoms with Gasteiger partial charge >= 0.3 is 6.03 Å². The van der Waals surface area contributed by atoms with Crippen molar-refractivity contribution in [2.24, 2.45) is 0 Å². The van der Waals surface area contributed by atoms with Crippen molar-refractivity contribution in [3.05, 3.63) is 64.7 Å². The molecule has 0 bridgehead atoms. The van der Waals surface area contributed by atoms with Crippen LogP contribution >= 0.6 is 0 Å². The molecule has 37 heavy (non-hydrogen) atoms. The molecule has 0 aromatic heterocycles. The summed E-state index contributed by atoms with van der Waals surface area (Å²) in [6.07, 6.45) is 4.45. The molecular formula is C29H34F2N4O2. The Bertz CT molecular complexity index is 1170. The number of amides is 3. The molecule has 1 aliphatic carbocycles. The highest BCUT2D eigenvalue weighted by Gasteiger charge is 2.59. The summed E-state index contributed by atoms with van der Waals surface area (Å²) in [4.78, 5) is 35.2. The molecule has 3 heterocycles. The predicted molar refractivity (Wildman–Crippen MR) is 137 cm³/mol. The summed E-state index contributed by atoms with van der Waals surface area (Å²) in [5.41, 5.74) is 3.07. The number of piperidine rings is 1. The molecule has 3 fully saturated rings. The second kappa shape index (κ2) is 9.39. The second-order valence-corrected chi connectivity index (χ2v) is 11.0. The van der Waals surface area contributed by atoms with Crippen LogP contribution in [0.15, 0.2) is 36.4 Å². The quantitative estimate of drug-likeness (QED) is 0.564. The minimum atomic E-state index is -0.886. The lowest BCUT2D eigenvalue weighted by atomic mass is 9.85. The van der Waals surface area contributed by atoms with E-state index in [0.717, 1.165) is 32.7 Å². The summed E-state index contributed by atoms with van der Waals surface area (Å²) in [6.45, 7) is 6.93. The molecule has 3 aliphatic heterocycles. The highest BCUT2D eigenvalue weighted by Crippen LogP contribution is 2.40. The van der Waals surface area contributed by atoms with Gasteiger partial charge in [0.05, 0.1) is 0 Å². The molecule has 4 aliphatic rings. The molecule has 6 rings (SSSR count). The zero-order valence-corrected chi connectivity index (χ0v) is 21.4. The van der Waals surface area contributed by atoms with Gasteiger partial charge in [-0.05, 0) is 86.4 Å². The summed E-state index contributed by atoms with van der Waals surface area (Å²) in [5.74, 6) is -1.92. The van der Waals surface area contributed by atoms with E-state index < -0.39 is 23.2 Å². The number of urea groups is 1. The number of rotatable bonds is 5. The topological polar surface area (TPSA) is 47.1 Å². The van der Waals surface area contributed by atoms with Crippen LogP contribution in [0, 0.1) is 11.6 Å². The molecule has 2 aromatic rings. The van der Waals surface area contributed by atoms with E-state index >= 15 is 0 Å². The number of nitrogens with zero attached hydrogens (tertiary/aromatic N) is 4. The molecule has 0 unspecified atom stereocenters.